The summed E-state index contributed by atoms with van der Waals surface area (Å²) in [7, 11) is 2.07. The van der Waals surface area contributed by atoms with Gasteiger partial charge < -0.3 is 10.0 Å². The maximum atomic E-state index is 10.3. The Hall–Kier alpha value is -1.39. The third-order valence-corrected chi connectivity index (χ3v) is 4.17. The van der Waals surface area contributed by atoms with Gasteiger partial charge in [-0.05, 0) is 11.0 Å². The van der Waals surface area contributed by atoms with E-state index in [0.29, 0.717) is 6.42 Å². The summed E-state index contributed by atoms with van der Waals surface area (Å²) in [5.41, 5.74) is 2.13. The minimum absolute atomic E-state index is 0.240. The molecule has 0 fully saturated rings. The first-order chi connectivity index (χ1) is 9.85. The van der Waals surface area contributed by atoms with E-state index < -0.39 is 6.10 Å². The highest BCUT2D eigenvalue weighted by Gasteiger charge is 2.17. The third kappa shape index (κ3) is 4.83. The molecular formula is C17H24N2OS. The molecule has 4 heteroatoms. The van der Waals surface area contributed by atoms with Crippen LogP contribution in [0.1, 0.15) is 38.1 Å². The number of anilines is 1. The number of nitrogens with zero attached hydrogens (tertiary/aromatic N) is 2. The minimum atomic E-state index is -0.492. The number of hydrogen-bond acceptors (Lipinski definition) is 4. The summed E-state index contributed by atoms with van der Waals surface area (Å²) < 4.78 is 0. The SMILES string of the molecule is CN(CC(C)(C)C)c1nc(CC(O)c2ccccc2)cs1. The van der Waals surface area contributed by atoms with Crippen LogP contribution in [0.3, 0.4) is 0 Å². The fourth-order valence-corrected chi connectivity index (χ4v) is 3.14. The van der Waals surface area contributed by atoms with E-state index >= 15 is 0 Å². The van der Waals surface area contributed by atoms with Crippen molar-refractivity contribution in [1.29, 1.82) is 0 Å². The Morgan fingerprint density at radius 3 is 2.52 bits per heavy atom. The van der Waals surface area contributed by atoms with E-state index in [1.165, 1.54) is 0 Å². The molecule has 1 N–H and O–H groups in total. The number of thiazole rings is 1. The quantitative estimate of drug-likeness (QED) is 0.910. The summed E-state index contributed by atoms with van der Waals surface area (Å²) in [5.74, 6) is 0. The molecule has 0 bridgehead atoms. The molecule has 1 aromatic heterocycles. The standard InChI is InChI=1S/C17H24N2OS/c1-17(2,3)12-19(4)16-18-14(11-21-16)10-15(20)13-8-6-5-7-9-13/h5-9,11,15,20H,10,12H2,1-4H3. The van der Waals surface area contributed by atoms with Crippen LogP contribution in [0.25, 0.3) is 0 Å². The molecule has 0 saturated carbocycles. The predicted molar refractivity (Wildman–Crippen MR) is 89.9 cm³/mol. The highest BCUT2D eigenvalue weighted by Crippen LogP contribution is 2.26. The van der Waals surface area contributed by atoms with E-state index in [1.807, 2.05) is 35.7 Å². The van der Waals surface area contributed by atoms with Crippen LogP contribution in [-0.4, -0.2) is 23.7 Å². The van der Waals surface area contributed by atoms with Crippen LogP contribution in [0.15, 0.2) is 35.7 Å². The van der Waals surface area contributed by atoms with E-state index in [1.54, 1.807) is 11.3 Å². The Balaban J connectivity index is 2.00. The van der Waals surface area contributed by atoms with Gasteiger partial charge in [-0.25, -0.2) is 4.98 Å². The molecule has 1 heterocycles. The van der Waals surface area contributed by atoms with Gasteiger partial charge in [-0.2, -0.15) is 0 Å². The predicted octanol–water partition coefficient (Wildman–Crippen LogP) is 3.90. The monoisotopic (exact) mass is 304 g/mol. The van der Waals surface area contributed by atoms with Crippen LogP contribution in [0.5, 0.6) is 0 Å². The molecular weight excluding hydrogens is 280 g/mol. The van der Waals surface area contributed by atoms with Crippen LogP contribution in [0.2, 0.25) is 0 Å². The largest absolute Gasteiger partial charge is 0.388 e. The van der Waals surface area contributed by atoms with Gasteiger partial charge in [0.1, 0.15) is 0 Å². The summed E-state index contributed by atoms with van der Waals surface area (Å²) >= 11 is 1.64. The van der Waals surface area contributed by atoms with Gasteiger partial charge in [-0.1, -0.05) is 51.1 Å². The molecule has 1 atom stereocenters. The van der Waals surface area contributed by atoms with Crippen LogP contribution in [0.4, 0.5) is 5.13 Å². The first-order valence-electron chi connectivity index (χ1n) is 7.24. The number of rotatable bonds is 5. The maximum Gasteiger partial charge on any atom is 0.185 e. The molecule has 0 radical (unpaired) electrons. The number of aliphatic hydroxyl groups is 1. The van der Waals surface area contributed by atoms with Crippen molar-refractivity contribution in [1.82, 2.24) is 4.98 Å². The van der Waals surface area contributed by atoms with Gasteiger partial charge in [0, 0.05) is 25.4 Å². The Morgan fingerprint density at radius 1 is 1.24 bits per heavy atom. The molecule has 3 nitrogen and oxygen atoms in total. The lowest BCUT2D eigenvalue weighted by molar-refractivity contribution is 0.177. The first kappa shape index (κ1) is 16.0. The van der Waals surface area contributed by atoms with Crippen LogP contribution >= 0.6 is 11.3 Å². The molecule has 0 aliphatic carbocycles. The number of aromatic nitrogens is 1. The molecule has 1 unspecified atom stereocenters. The lowest BCUT2D eigenvalue weighted by atomic mass is 9.96. The molecule has 2 aromatic rings. The highest BCUT2D eigenvalue weighted by molar-refractivity contribution is 7.13. The second-order valence-electron chi connectivity index (χ2n) is 6.67. The Kier molecular flexibility index (Phi) is 5.01. The van der Waals surface area contributed by atoms with Gasteiger partial charge in [0.25, 0.3) is 0 Å². The van der Waals surface area contributed by atoms with Crippen molar-refractivity contribution in [2.24, 2.45) is 5.41 Å². The zero-order valence-corrected chi connectivity index (χ0v) is 14.0. The summed E-state index contributed by atoms with van der Waals surface area (Å²) in [4.78, 5) is 6.83. The lowest BCUT2D eigenvalue weighted by Crippen LogP contribution is -2.28. The zero-order chi connectivity index (χ0) is 15.5. The summed E-state index contributed by atoms with van der Waals surface area (Å²) in [6.07, 6.45) is 0.0678. The summed E-state index contributed by atoms with van der Waals surface area (Å²) in [6, 6.07) is 9.75. The van der Waals surface area contributed by atoms with E-state index in [2.05, 4.69) is 37.7 Å². The van der Waals surface area contributed by atoms with Gasteiger partial charge in [-0.3, -0.25) is 0 Å². The van der Waals surface area contributed by atoms with Crippen molar-refractivity contribution < 1.29 is 5.11 Å². The molecule has 0 saturated heterocycles. The Bertz CT molecular complexity index is 560. The molecule has 0 spiro atoms. The normalized spacial score (nSPS) is 13.2. The van der Waals surface area contributed by atoms with E-state index in [0.717, 1.165) is 22.9 Å². The molecule has 114 valence electrons. The fourth-order valence-electron chi connectivity index (χ4n) is 2.34. The average Bonchev–Trinajstić information content (AvgIpc) is 2.86. The Labute approximate surface area is 131 Å². The van der Waals surface area contributed by atoms with E-state index in [9.17, 15) is 5.11 Å². The van der Waals surface area contributed by atoms with Gasteiger partial charge in [-0.15, -0.1) is 11.3 Å². The fraction of sp³-hybridized carbons (Fsp3) is 0.471. The molecule has 0 aliphatic rings. The second-order valence-corrected chi connectivity index (χ2v) is 7.51. The van der Waals surface area contributed by atoms with Crippen molar-refractivity contribution in [3.8, 4) is 0 Å². The van der Waals surface area contributed by atoms with Crippen LogP contribution in [-0.2, 0) is 6.42 Å². The second kappa shape index (κ2) is 6.58. The highest BCUT2D eigenvalue weighted by atomic mass is 32.1. The molecule has 2 rings (SSSR count). The lowest BCUT2D eigenvalue weighted by Gasteiger charge is -2.26. The first-order valence-corrected chi connectivity index (χ1v) is 8.12. The van der Waals surface area contributed by atoms with Crippen molar-refractivity contribution in [2.45, 2.75) is 33.3 Å². The molecule has 21 heavy (non-hydrogen) atoms. The summed E-state index contributed by atoms with van der Waals surface area (Å²) in [6.45, 7) is 7.62. The van der Waals surface area contributed by atoms with Crippen molar-refractivity contribution in [3.05, 3.63) is 47.0 Å². The van der Waals surface area contributed by atoms with Crippen molar-refractivity contribution in [3.63, 3.8) is 0 Å². The van der Waals surface area contributed by atoms with E-state index in [4.69, 9.17) is 0 Å². The van der Waals surface area contributed by atoms with Crippen molar-refractivity contribution >= 4 is 16.5 Å². The van der Waals surface area contributed by atoms with Gasteiger partial charge >= 0.3 is 0 Å². The van der Waals surface area contributed by atoms with Crippen LogP contribution in [0, 0.1) is 5.41 Å². The minimum Gasteiger partial charge on any atom is -0.388 e. The maximum absolute atomic E-state index is 10.3. The number of hydrogen-bond donors (Lipinski definition) is 1. The number of benzene rings is 1. The van der Waals surface area contributed by atoms with E-state index in [-0.39, 0.29) is 5.41 Å². The van der Waals surface area contributed by atoms with Crippen molar-refractivity contribution in [2.75, 3.05) is 18.5 Å². The molecule has 1 aromatic carbocycles. The topological polar surface area (TPSA) is 36.4 Å². The van der Waals surface area contributed by atoms with Gasteiger partial charge in [0.05, 0.1) is 11.8 Å². The number of aliphatic hydroxyl groups excluding tert-OH is 1. The Morgan fingerprint density at radius 2 is 1.90 bits per heavy atom. The smallest absolute Gasteiger partial charge is 0.185 e. The third-order valence-electron chi connectivity index (χ3n) is 3.16. The van der Waals surface area contributed by atoms with Gasteiger partial charge in [0.15, 0.2) is 5.13 Å². The van der Waals surface area contributed by atoms with Gasteiger partial charge in [0.2, 0.25) is 0 Å². The molecule has 0 amide bonds. The molecule has 0 aliphatic heterocycles. The average molecular weight is 304 g/mol. The van der Waals surface area contributed by atoms with Crippen LogP contribution < -0.4 is 4.90 Å². The summed E-state index contributed by atoms with van der Waals surface area (Å²) in [5, 5.41) is 13.3. The zero-order valence-electron chi connectivity index (χ0n) is 13.2.